The first-order valence-electron chi connectivity index (χ1n) is 5.72. The molecule has 1 fully saturated rings. The van der Waals surface area contributed by atoms with Gasteiger partial charge in [-0.1, -0.05) is 0 Å². The number of nitrogens with one attached hydrogen (secondary N) is 1. The lowest BCUT2D eigenvalue weighted by molar-refractivity contribution is 0.0662. The van der Waals surface area contributed by atoms with Crippen LogP contribution in [0.15, 0.2) is 10.7 Å². The summed E-state index contributed by atoms with van der Waals surface area (Å²) in [6.45, 7) is 3.73. The fraction of sp³-hybridized carbons (Fsp3) is 0.727. The number of nitrogens with zero attached hydrogens (tertiary/aromatic N) is 2. The summed E-state index contributed by atoms with van der Waals surface area (Å²) in [5.74, 6) is 0.760. The van der Waals surface area contributed by atoms with Crippen molar-refractivity contribution in [2.24, 2.45) is 13.0 Å². The van der Waals surface area contributed by atoms with Gasteiger partial charge in [0.05, 0.1) is 10.2 Å². The van der Waals surface area contributed by atoms with Crippen molar-refractivity contribution in [3.63, 3.8) is 0 Å². The van der Waals surface area contributed by atoms with Gasteiger partial charge in [-0.15, -0.1) is 0 Å². The molecule has 0 spiro atoms. The van der Waals surface area contributed by atoms with Gasteiger partial charge < -0.3 is 10.1 Å². The van der Waals surface area contributed by atoms with Crippen LogP contribution in [0.5, 0.6) is 0 Å². The van der Waals surface area contributed by atoms with Crippen LogP contribution in [0.1, 0.15) is 18.5 Å². The zero-order valence-corrected chi connectivity index (χ0v) is 11.2. The third kappa shape index (κ3) is 3.30. The molecule has 1 aliphatic rings. The van der Waals surface area contributed by atoms with Crippen molar-refractivity contribution < 1.29 is 4.74 Å². The smallest absolute Gasteiger partial charge is 0.0904 e. The average Bonchev–Trinajstić information content (AvgIpc) is 2.59. The monoisotopic (exact) mass is 287 g/mol. The molecule has 0 aliphatic carbocycles. The second kappa shape index (κ2) is 5.80. The number of aryl methyl sites for hydroxylation is 1. The van der Waals surface area contributed by atoms with Crippen molar-refractivity contribution in [3.8, 4) is 0 Å². The first-order chi connectivity index (χ1) is 7.75. The van der Waals surface area contributed by atoms with Crippen LogP contribution in [-0.2, 0) is 18.3 Å². The van der Waals surface area contributed by atoms with Gasteiger partial charge in [0.2, 0.25) is 0 Å². The van der Waals surface area contributed by atoms with E-state index in [1.165, 1.54) is 12.8 Å². The third-order valence-electron chi connectivity index (χ3n) is 2.92. The summed E-state index contributed by atoms with van der Waals surface area (Å²) >= 11 is 3.50. The van der Waals surface area contributed by atoms with Crippen LogP contribution in [0, 0.1) is 5.92 Å². The minimum Gasteiger partial charge on any atom is -0.381 e. The highest BCUT2D eigenvalue weighted by atomic mass is 79.9. The van der Waals surface area contributed by atoms with Crippen LogP contribution in [0.25, 0.3) is 0 Å². The molecule has 5 heteroatoms. The highest BCUT2D eigenvalue weighted by Crippen LogP contribution is 2.15. The molecule has 0 aromatic carbocycles. The van der Waals surface area contributed by atoms with Gasteiger partial charge in [0.1, 0.15) is 0 Å². The molecule has 0 bridgehead atoms. The van der Waals surface area contributed by atoms with Crippen LogP contribution in [0.4, 0.5) is 0 Å². The predicted molar refractivity (Wildman–Crippen MR) is 66.2 cm³/mol. The van der Waals surface area contributed by atoms with Gasteiger partial charge in [-0.05, 0) is 41.2 Å². The Kier molecular flexibility index (Phi) is 4.37. The fourth-order valence-corrected chi connectivity index (χ4v) is 2.49. The van der Waals surface area contributed by atoms with Gasteiger partial charge in [0, 0.05) is 33.0 Å². The number of halogens is 1. The van der Waals surface area contributed by atoms with Crippen molar-refractivity contribution in [1.82, 2.24) is 15.1 Å². The molecule has 0 atom stereocenters. The summed E-state index contributed by atoms with van der Waals surface area (Å²) in [5, 5.41) is 7.84. The molecule has 1 aromatic rings. The van der Waals surface area contributed by atoms with E-state index in [2.05, 4.69) is 26.3 Å². The van der Waals surface area contributed by atoms with Crippen LogP contribution in [0.3, 0.4) is 0 Å². The van der Waals surface area contributed by atoms with E-state index >= 15 is 0 Å². The number of hydrogen-bond acceptors (Lipinski definition) is 3. The Morgan fingerprint density at radius 3 is 2.94 bits per heavy atom. The Balaban J connectivity index is 1.73. The van der Waals surface area contributed by atoms with Crippen molar-refractivity contribution in [3.05, 3.63) is 16.4 Å². The molecule has 4 nitrogen and oxygen atoms in total. The van der Waals surface area contributed by atoms with Crippen molar-refractivity contribution >= 4 is 15.9 Å². The lowest BCUT2D eigenvalue weighted by Crippen LogP contribution is -2.27. The standard InChI is InChI=1S/C11H18BrN3O/c1-15-8-10(12)11(14-15)7-13-6-9-2-4-16-5-3-9/h8-9,13H,2-7H2,1H3. The molecule has 1 aromatic heterocycles. The van der Waals surface area contributed by atoms with Gasteiger partial charge in [0.25, 0.3) is 0 Å². The van der Waals surface area contributed by atoms with Crippen molar-refractivity contribution in [2.45, 2.75) is 19.4 Å². The quantitative estimate of drug-likeness (QED) is 0.916. The molecule has 90 valence electrons. The van der Waals surface area contributed by atoms with Gasteiger partial charge in [-0.25, -0.2) is 0 Å². The van der Waals surface area contributed by atoms with Crippen molar-refractivity contribution in [2.75, 3.05) is 19.8 Å². The molecule has 0 amide bonds. The largest absolute Gasteiger partial charge is 0.381 e. The van der Waals surface area contributed by atoms with Crippen LogP contribution in [-0.4, -0.2) is 29.5 Å². The minimum atomic E-state index is 0.760. The maximum atomic E-state index is 5.34. The Labute approximate surface area is 104 Å². The van der Waals surface area contributed by atoms with Gasteiger partial charge >= 0.3 is 0 Å². The minimum absolute atomic E-state index is 0.760. The number of rotatable bonds is 4. The molecule has 0 radical (unpaired) electrons. The zero-order chi connectivity index (χ0) is 11.4. The highest BCUT2D eigenvalue weighted by molar-refractivity contribution is 9.10. The first-order valence-corrected chi connectivity index (χ1v) is 6.51. The second-order valence-electron chi connectivity index (χ2n) is 4.28. The summed E-state index contributed by atoms with van der Waals surface area (Å²) in [7, 11) is 1.94. The van der Waals surface area contributed by atoms with E-state index in [0.717, 1.165) is 42.4 Å². The van der Waals surface area contributed by atoms with Crippen molar-refractivity contribution in [1.29, 1.82) is 0 Å². The van der Waals surface area contributed by atoms with Crippen LogP contribution < -0.4 is 5.32 Å². The second-order valence-corrected chi connectivity index (χ2v) is 5.14. The molecule has 0 saturated carbocycles. The fourth-order valence-electron chi connectivity index (χ4n) is 1.97. The van der Waals surface area contributed by atoms with E-state index in [4.69, 9.17) is 4.74 Å². The highest BCUT2D eigenvalue weighted by Gasteiger charge is 2.13. The average molecular weight is 288 g/mol. The van der Waals surface area contributed by atoms with Gasteiger partial charge in [-0.3, -0.25) is 4.68 Å². The molecule has 1 aliphatic heterocycles. The topological polar surface area (TPSA) is 39.1 Å². The summed E-state index contributed by atoms with van der Waals surface area (Å²) in [4.78, 5) is 0. The lowest BCUT2D eigenvalue weighted by Gasteiger charge is -2.22. The van der Waals surface area contributed by atoms with E-state index < -0.39 is 0 Å². The molecule has 1 N–H and O–H groups in total. The van der Waals surface area contributed by atoms with E-state index in [1.807, 2.05) is 17.9 Å². The van der Waals surface area contributed by atoms with Gasteiger partial charge in [-0.2, -0.15) is 5.10 Å². The Hall–Kier alpha value is -0.390. The normalized spacial score (nSPS) is 17.9. The summed E-state index contributed by atoms with van der Waals surface area (Å²) < 4.78 is 8.24. The third-order valence-corrected chi connectivity index (χ3v) is 3.58. The maximum absolute atomic E-state index is 5.34. The number of hydrogen-bond donors (Lipinski definition) is 1. The maximum Gasteiger partial charge on any atom is 0.0904 e. The zero-order valence-electron chi connectivity index (χ0n) is 9.58. The molecular weight excluding hydrogens is 270 g/mol. The van der Waals surface area contributed by atoms with E-state index in [9.17, 15) is 0 Å². The molecule has 2 rings (SSSR count). The van der Waals surface area contributed by atoms with Gasteiger partial charge in [0.15, 0.2) is 0 Å². The Morgan fingerprint density at radius 1 is 1.56 bits per heavy atom. The first kappa shape index (κ1) is 12.1. The molecule has 1 saturated heterocycles. The van der Waals surface area contributed by atoms with Crippen LogP contribution in [0.2, 0.25) is 0 Å². The molecule has 2 heterocycles. The number of ether oxygens (including phenoxy) is 1. The summed E-state index contributed by atoms with van der Waals surface area (Å²) in [6, 6.07) is 0. The lowest BCUT2D eigenvalue weighted by atomic mass is 10.0. The molecule has 16 heavy (non-hydrogen) atoms. The van der Waals surface area contributed by atoms with E-state index in [0.29, 0.717) is 0 Å². The summed E-state index contributed by atoms with van der Waals surface area (Å²) in [6.07, 6.45) is 4.33. The van der Waals surface area contributed by atoms with E-state index in [-0.39, 0.29) is 0 Å². The molecular formula is C11H18BrN3O. The molecule has 0 unspecified atom stereocenters. The predicted octanol–water partition coefficient (Wildman–Crippen LogP) is 1.70. The Bertz CT molecular complexity index is 334. The Morgan fingerprint density at radius 2 is 2.31 bits per heavy atom. The summed E-state index contributed by atoms with van der Waals surface area (Å²) in [5.41, 5.74) is 1.08. The van der Waals surface area contributed by atoms with Crippen LogP contribution >= 0.6 is 15.9 Å². The SMILES string of the molecule is Cn1cc(Br)c(CNCC2CCOCC2)n1. The van der Waals surface area contributed by atoms with E-state index in [1.54, 1.807) is 0 Å². The number of aromatic nitrogens is 2.